The summed E-state index contributed by atoms with van der Waals surface area (Å²) in [6.07, 6.45) is 0. The summed E-state index contributed by atoms with van der Waals surface area (Å²) in [5.41, 5.74) is 10.6. The van der Waals surface area contributed by atoms with Gasteiger partial charge >= 0.3 is 0 Å². The first-order valence-electron chi connectivity index (χ1n) is 6.79. The van der Waals surface area contributed by atoms with Gasteiger partial charge in [0, 0.05) is 19.6 Å². The maximum absolute atomic E-state index is 6.38. The average Bonchev–Trinajstić information content (AvgIpc) is 2.41. The Morgan fingerprint density at radius 2 is 1.90 bits per heavy atom. The van der Waals surface area contributed by atoms with Crippen LogP contribution in [0.3, 0.4) is 0 Å². The maximum Gasteiger partial charge on any atom is 0.0642 e. The van der Waals surface area contributed by atoms with Crippen molar-refractivity contribution in [2.75, 3.05) is 11.9 Å². The lowest BCUT2D eigenvalue weighted by atomic mass is 10.1. The molecule has 0 aliphatic carbocycles. The number of halogens is 1. The first kappa shape index (κ1) is 14.9. The molecule has 0 aliphatic rings. The second-order valence-electron chi connectivity index (χ2n) is 5.28. The number of hydrogen-bond acceptors (Lipinski definition) is 2. The first-order valence-corrected chi connectivity index (χ1v) is 7.17. The van der Waals surface area contributed by atoms with Crippen LogP contribution >= 0.6 is 11.6 Å². The third kappa shape index (κ3) is 3.33. The first-order chi connectivity index (χ1) is 9.49. The molecule has 106 valence electrons. The Hall–Kier alpha value is -1.51. The summed E-state index contributed by atoms with van der Waals surface area (Å²) in [5, 5.41) is 0.746. The summed E-state index contributed by atoms with van der Waals surface area (Å²) in [5.74, 6) is 0. The van der Waals surface area contributed by atoms with E-state index in [9.17, 15) is 0 Å². The molecule has 0 saturated carbocycles. The third-order valence-electron chi connectivity index (χ3n) is 3.58. The molecular formula is C17H21ClN2. The van der Waals surface area contributed by atoms with E-state index >= 15 is 0 Å². The van der Waals surface area contributed by atoms with Gasteiger partial charge < -0.3 is 10.6 Å². The maximum atomic E-state index is 6.38. The van der Waals surface area contributed by atoms with E-state index in [-0.39, 0.29) is 6.04 Å². The molecule has 2 rings (SSSR count). The molecule has 3 heteroatoms. The Bertz CT molecular complexity index is 593. The Morgan fingerprint density at radius 1 is 1.20 bits per heavy atom. The Balaban J connectivity index is 2.21. The van der Waals surface area contributed by atoms with Gasteiger partial charge in [-0.3, -0.25) is 0 Å². The number of nitrogens with two attached hydrogens (primary N) is 1. The third-order valence-corrected chi connectivity index (χ3v) is 3.88. The monoisotopic (exact) mass is 288 g/mol. The topological polar surface area (TPSA) is 29.3 Å². The minimum Gasteiger partial charge on any atom is -0.369 e. The Kier molecular flexibility index (Phi) is 4.69. The van der Waals surface area contributed by atoms with Gasteiger partial charge in [0.25, 0.3) is 0 Å². The van der Waals surface area contributed by atoms with Crippen LogP contribution in [0.4, 0.5) is 5.69 Å². The van der Waals surface area contributed by atoms with Crippen LogP contribution in [-0.2, 0) is 6.54 Å². The van der Waals surface area contributed by atoms with Crippen molar-refractivity contribution in [3.05, 3.63) is 64.2 Å². The average molecular weight is 289 g/mol. The fraction of sp³-hybridized carbons (Fsp3) is 0.294. The predicted molar refractivity (Wildman–Crippen MR) is 87.3 cm³/mol. The highest BCUT2D eigenvalue weighted by Gasteiger charge is 2.10. The van der Waals surface area contributed by atoms with E-state index in [2.05, 4.69) is 43.1 Å². The smallest absolute Gasteiger partial charge is 0.0642 e. The van der Waals surface area contributed by atoms with E-state index in [1.165, 1.54) is 11.1 Å². The van der Waals surface area contributed by atoms with Gasteiger partial charge in [0.2, 0.25) is 0 Å². The summed E-state index contributed by atoms with van der Waals surface area (Å²) in [6, 6.07) is 14.4. The molecule has 2 nitrogen and oxygen atoms in total. The largest absolute Gasteiger partial charge is 0.369 e. The fourth-order valence-electron chi connectivity index (χ4n) is 2.24. The zero-order valence-electron chi connectivity index (χ0n) is 12.2. The van der Waals surface area contributed by atoms with Crippen molar-refractivity contribution in [2.24, 2.45) is 5.73 Å². The summed E-state index contributed by atoms with van der Waals surface area (Å²) in [7, 11) is 2.05. The Morgan fingerprint density at radius 3 is 2.50 bits per heavy atom. The van der Waals surface area contributed by atoms with Crippen LogP contribution < -0.4 is 10.6 Å². The molecule has 2 aromatic rings. The molecule has 0 aliphatic heterocycles. The van der Waals surface area contributed by atoms with Crippen LogP contribution in [0.1, 0.15) is 29.7 Å². The number of nitrogens with zero attached hydrogens (tertiary/aromatic N) is 1. The number of rotatable bonds is 4. The van der Waals surface area contributed by atoms with Crippen LogP contribution in [-0.4, -0.2) is 7.05 Å². The van der Waals surface area contributed by atoms with Crippen LogP contribution in [0, 0.1) is 6.92 Å². The molecule has 0 fully saturated rings. The summed E-state index contributed by atoms with van der Waals surface area (Å²) in [6.45, 7) is 4.93. The summed E-state index contributed by atoms with van der Waals surface area (Å²) < 4.78 is 0. The van der Waals surface area contributed by atoms with Gasteiger partial charge in [-0.05, 0) is 42.7 Å². The minimum absolute atomic E-state index is 0.00299. The second-order valence-corrected chi connectivity index (χ2v) is 5.69. The molecule has 0 bridgehead atoms. The number of benzene rings is 2. The van der Waals surface area contributed by atoms with Crippen LogP contribution in [0.15, 0.2) is 42.5 Å². The molecule has 0 heterocycles. The van der Waals surface area contributed by atoms with Crippen molar-refractivity contribution in [3.63, 3.8) is 0 Å². The molecular weight excluding hydrogens is 268 g/mol. The van der Waals surface area contributed by atoms with Crippen molar-refractivity contribution in [1.29, 1.82) is 0 Å². The van der Waals surface area contributed by atoms with Gasteiger partial charge in [-0.25, -0.2) is 0 Å². The van der Waals surface area contributed by atoms with Crippen LogP contribution in [0.25, 0.3) is 0 Å². The molecule has 2 aromatic carbocycles. The van der Waals surface area contributed by atoms with E-state index in [1.807, 2.05) is 25.1 Å². The van der Waals surface area contributed by atoms with Crippen LogP contribution in [0.2, 0.25) is 5.02 Å². The molecule has 20 heavy (non-hydrogen) atoms. The van der Waals surface area contributed by atoms with E-state index in [4.69, 9.17) is 17.3 Å². The highest BCUT2D eigenvalue weighted by Crippen LogP contribution is 2.29. The molecule has 0 saturated heterocycles. The second kappa shape index (κ2) is 6.29. The number of anilines is 1. The van der Waals surface area contributed by atoms with E-state index in [1.54, 1.807) is 0 Å². The highest BCUT2D eigenvalue weighted by atomic mass is 35.5. The SMILES string of the molecule is Cc1ccccc1CN(C)c1ccc([C@@H](C)N)cc1Cl. The lowest BCUT2D eigenvalue weighted by molar-refractivity contribution is 0.817. The Labute approximate surface area is 126 Å². The van der Waals surface area contributed by atoms with Crippen molar-refractivity contribution in [1.82, 2.24) is 0 Å². The van der Waals surface area contributed by atoms with E-state index < -0.39 is 0 Å². The molecule has 2 N–H and O–H groups in total. The molecule has 0 amide bonds. The quantitative estimate of drug-likeness (QED) is 0.908. The lowest BCUT2D eigenvalue weighted by Crippen LogP contribution is -2.17. The molecule has 0 unspecified atom stereocenters. The molecule has 0 radical (unpaired) electrons. The van der Waals surface area contributed by atoms with Crippen molar-refractivity contribution >= 4 is 17.3 Å². The van der Waals surface area contributed by atoms with Crippen molar-refractivity contribution in [2.45, 2.75) is 26.4 Å². The lowest BCUT2D eigenvalue weighted by Gasteiger charge is -2.22. The van der Waals surface area contributed by atoms with Crippen LogP contribution in [0.5, 0.6) is 0 Å². The van der Waals surface area contributed by atoms with Gasteiger partial charge in [-0.15, -0.1) is 0 Å². The van der Waals surface area contributed by atoms with E-state index in [0.717, 1.165) is 22.8 Å². The molecule has 1 atom stereocenters. The van der Waals surface area contributed by atoms with Crippen molar-refractivity contribution < 1.29 is 0 Å². The van der Waals surface area contributed by atoms with E-state index in [0.29, 0.717) is 0 Å². The van der Waals surface area contributed by atoms with Gasteiger partial charge in [-0.1, -0.05) is 41.9 Å². The normalized spacial score (nSPS) is 12.2. The molecule has 0 spiro atoms. The van der Waals surface area contributed by atoms with Gasteiger partial charge in [0.1, 0.15) is 0 Å². The zero-order valence-corrected chi connectivity index (χ0v) is 13.0. The molecule has 0 aromatic heterocycles. The number of aryl methyl sites for hydroxylation is 1. The van der Waals surface area contributed by atoms with Crippen molar-refractivity contribution in [3.8, 4) is 0 Å². The zero-order chi connectivity index (χ0) is 14.7. The van der Waals surface area contributed by atoms with Gasteiger partial charge in [0.05, 0.1) is 10.7 Å². The fourth-order valence-corrected chi connectivity index (χ4v) is 2.58. The minimum atomic E-state index is 0.00299. The highest BCUT2D eigenvalue weighted by molar-refractivity contribution is 6.33. The standard InChI is InChI=1S/C17H21ClN2/c1-12-6-4-5-7-15(12)11-20(3)17-9-8-14(13(2)19)10-16(17)18/h4-10,13H,11,19H2,1-3H3/t13-/m1/s1. The van der Waals surface area contributed by atoms with Gasteiger partial charge in [-0.2, -0.15) is 0 Å². The number of hydrogen-bond donors (Lipinski definition) is 1. The summed E-state index contributed by atoms with van der Waals surface area (Å²) in [4.78, 5) is 2.16. The summed E-state index contributed by atoms with van der Waals surface area (Å²) >= 11 is 6.38. The predicted octanol–water partition coefficient (Wildman–Crippen LogP) is 4.30. The van der Waals surface area contributed by atoms with Gasteiger partial charge in [0.15, 0.2) is 0 Å².